The maximum Gasteiger partial charge on any atom is 0.248 e. The zero-order chi connectivity index (χ0) is 18.0. The summed E-state index contributed by atoms with van der Waals surface area (Å²) in [5, 5.41) is 9.94. The van der Waals surface area contributed by atoms with Crippen molar-refractivity contribution in [2.24, 2.45) is 5.92 Å². The zero-order valence-electron chi connectivity index (χ0n) is 14.1. The summed E-state index contributed by atoms with van der Waals surface area (Å²) in [7, 11) is 1.73. The SMILES string of the molecule is CNc1cc(-n2nc(C)cc2NC(=O)C2CCCC(F)(F)C2)ncn1. The highest BCUT2D eigenvalue weighted by Crippen LogP contribution is 2.37. The second-order valence-electron chi connectivity index (χ2n) is 6.23. The molecule has 0 saturated heterocycles. The molecule has 2 heterocycles. The van der Waals surface area contributed by atoms with Gasteiger partial charge in [0.2, 0.25) is 11.8 Å². The van der Waals surface area contributed by atoms with Crippen LogP contribution in [0.3, 0.4) is 0 Å². The highest BCUT2D eigenvalue weighted by molar-refractivity contribution is 5.92. The van der Waals surface area contributed by atoms with Crippen LogP contribution in [0.5, 0.6) is 0 Å². The molecule has 1 saturated carbocycles. The molecule has 1 fully saturated rings. The van der Waals surface area contributed by atoms with Gasteiger partial charge in [0.15, 0.2) is 5.82 Å². The molecule has 1 atom stereocenters. The molecule has 2 N–H and O–H groups in total. The first-order valence-electron chi connectivity index (χ1n) is 8.13. The Bertz CT molecular complexity index is 776. The minimum absolute atomic E-state index is 0.151. The molecule has 0 spiro atoms. The van der Waals surface area contributed by atoms with Gasteiger partial charge in [-0.05, 0) is 19.8 Å². The summed E-state index contributed by atoms with van der Waals surface area (Å²) < 4.78 is 28.6. The Morgan fingerprint density at radius 3 is 2.88 bits per heavy atom. The maximum absolute atomic E-state index is 13.6. The van der Waals surface area contributed by atoms with Crippen molar-refractivity contribution in [2.45, 2.75) is 38.5 Å². The number of halogens is 2. The van der Waals surface area contributed by atoms with Gasteiger partial charge in [0.25, 0.3) is 0 Å². The van der Waals surface area contributed by atoms with Gasteiger partial charge in [0.05, 0.1) is 5.69 Å². The number of rotatable bonds is 4. The molecule has 9 heteroatoms. The third-order valence-electron chi connectivity index (χ3n) is 4.22. The van der Waals surface area contributed by atoms with E-state index in [4.69, 9.17) is 0 Å². The molecule has 134 valence electrons. The minimum Gasteiger partial charge on any atom is -0.373 e. The van der Waals surface area contributed by atoms with E-state index in [1.165, 1.54) is 11.0 Å². The van der Waals surface area contributed by atoms with E-state index in [0.29, 0.717) is 36.0 Å². The number of nitrogens with one attached hydrogen (secondary N) is 2. The number of aromatic nitrogens is 4. The van der Waals surface area contributed by atoms with Crippen LogP contribution in [0.15, 0.2) is 18.5 Å². The van der Waals surface area contributed by atoms with Gasteiger partial charge in [0, 0.05) is 37.9 Å². The Balaban J connectivity index is 1.82. The van der Waals surface area contributed by atoms with E-state index < -0.39 is 24.2 Å². The smallest absolute Gasteiger partial charge is 0.248 e. The van der Waals surface area contributed by atoms with Gasteiger partial charge in [-0.25, -0.2) is 18.7 Å². The van der Waals surface area contributed by atoms with Crippen LogP contribution in [0.25, 0.3) is 5.82 Å². The Labute approximate surface area is 143 Å². The Morgan fingerprint density at radius 2 is 2.16 bits per heavy atom. The highest BCUT2D eigenvalue weighted by Gasteiger charge is 2.39. The molecule has 3 rings (SSSR count). The van der Waals surface area contributed by atoms with E-state index in [0.717, 1.165) is 0 Å². The minimum atomic E-state index is -2.77. The number of amides is 1. The van der Waals surface area contributed by atoms with Crippen LogP contribution in [-0.2, 0) is 4.79 Å². The summed E-state index contributed by atoms with van der Waals surface area (Å²) >= 11 is 0. The number of alkyl halides is 2. The number of nitrogens with zero attached hydrogens (tertiary/aromatic N) is 4. The van der Waals surface area contributed by atoms with Crippen LogP contribution in [0.4, 0.5) is 20.4 Å². The van der Waals surface area contributed by atoms with Crippen molar-refractivity contribution in [3.63, 3.8) is 0 Å². The van der Waals surface area contributed by atoms with Crippen molar-refractivity contribution in [1.29, 1.82) is 0 Å². The van der Waals surface area contributed by atoms with Crippen molar-refractivity contribution in [1.82, 2.24) is 19.7 Å². The molecule has 1 aliphatic rings. The predicted octanol–water partition coefficient (Wildman–Crippen LogP) is 2.78. The predicted molar refractivity (Wildman–Crippen MR) is 89.0 cm³/mol. The van der Waals surface area contributed by atoms with Crippen LogP contribution >= 0.6 is 0 Å². The third-order valence-corrected chi connectivity index (χ3v) is 4.22. The van der Waals surface area contributed by atoms with Crippen molar-refractivity contribution >= 4 is 17.5 Å². The van der Waals surface area contributed by atoms with Crippen LogP contribution in [-0.4, -0.2) is 38.6 Å². The van der Waals surface area contributed by atoms with Crippen LogP contribution in [0.2, 0.25) is 0 Å². The molecule has 1 unspecified atom stereocenters. The molecule has 2 aromatic heterocycles. The topological polar surface area (TPSA) is 84.7 Å². The summed E-state index contributed by atoms with van der Waals surface area (Å²) in [4.78, 5) is 20.6. The van der Waals surface area contributed by atoms with Crippen molar-refractivity contribution in [3.8, 4) is 5.82 Å². The lowest BCUT2D eigenvalue weighted by Gasteiger charge is -2.27. The highest BCUT2D eigenvalue weighted by atomic mass is 19.3. The van der Waals surface area contributed by atoms with Crippen LogP contribution < -0.4 is 10.6 Å². The molecule has 0 radical (unpaired) electrons. The molecule has 0 aliphatic heterocycles. The second kappa shape index (κ2) is 6.73. The number of aryl methyl sites for hydroxylation is 1. The van der Waals surface area contributed by atoms with Crippen LogP contribution in [0, 0.1) is 12.8 Å². The van der Waals surface area contributed by atoms with Gasteiger partial charge in [-0.3, -0.25) is 4.79 Å². The normalized spacial score (nSPS) is 19.4. The first-order valence-corrected chi connectivity index (χ1v) is 8.13. The Kier molecular flexibility index (Phi) is 4.65. The standard InChI is InChI=1S/C16H20F2N6O/c1-10-6-14(22-15(25)11-4-3-5-16(17,18)8-11)24(23-10)13-7-12(19-2)20-9-21-13/h6-7,9,11H,3-5,8H2,1-2H3,(H,22,25)(H,19,20,21). The van der Waals surface area contributed by atoms with E-state index in [-0.39, 0.29) is 6.42 Å². The van der Waals surface area contributed by atoms with Gasteiger partial charge in [0.1, 0.15) is 18.0 Å². The fourth-order valence-electron chi connectivity index (χ4n) is 2.99. The lowest BCUT2D eigenvalue weighted by molar-refractivity contribution is -0.127. The van der Waals surface area contributed by atoms with Gasteiger partial charge < -0.3 is 10.6 Å². The monoisotopic (exact) mass is 350 g/mol. The number of hydrogen-bond acceptors (Lipinski definition) is 5. The van der Waals surface area contributed by atoms with E-state index >= 15 is 0 Å². The largest absolute Gasteiger partial charge is 0.373 e. The molecule has 1 aliphatic carbocycles. The summed E-state index contributed by atoms with van der Waals surface area (Å²) in [5.41, 5.74) is 0.675. The lowest BCUT2D eigenvalue weighted by Crippen LogP contribution is -2.34. The van der Waals surface area contributed by atoms with E-state index in [9.17, 15) is 13.6 Å². The number of carbonyl (C=O) groups is 1. The molecule has 25 heavy (non-hydrogen) atoms. The number of carbonyl (C=O) groups excluding carboxylic acids is 1. The Morgan fingerprint density at radius 1 is 1.36 bits per heavy atom. The average molecular weight is 350 g/mol. The molecule has 0 aromatic carbocycles. The quantitative estimate of drug-likeness (QED) is 0.886. The fourth-order valence-corrected chi connectivity index (χ4v) is 2.99. The van der Waals surface area contributed by atoms with Crippen molar-refractivity contribution in [2.75, 3.05) is 17.7 Å². The van der Waals surface area contributed by atoms with E-state index in [1.54, 1.807) is 26.1 Å². The van der Waals surface area contributed by atoms with Gasteiger partial charge in [-0.2, -0.15) is 9.78 Å². The number of hydrogen-bond donors (Lipinski definition) is 2. The summed E-state index contributed by atoms with van der Waals surface area (Å²) in [6.45, 7) is 1.78. The van der Waals surface area contributed by atoms with Crippen molar-refractivity contribution < 1.29 is 13.6 Å². The first kappa shape index (κ1) is 17.2. The summed E-state index contributed by atoms with van der Waals surface area (Å²) in [5.74, 6) is -2.42. The Hall–Kier alpha value is -2.58. The molecule has 0 bridgehead atoms. The summed E-state index contributed by atoms with van der Waals surface area (Å²) in [6.07, 6.45) is 1.63. The lowest BCUT2D eigenvalue weighted by atomic mass is 9.86. The molecule has 7 nitrogen and oxygen atoms in total. The van der Waals surface area contributed by atoms with Crippen LogP contribution in [0.1, 0.15) is 31.4 Å². The van der Waals surface area contributed by atoms with Crippen molar-refractivity contribution in [3.05, 3.63) is 24.2 Å². The van der Waals surface area contributed by atoms with Gasteiger partial charge in [-0.1, -0.05) is 0 Å². The number of anilines is 2. The third kappa shape index (κ3) is 3.92. The molecular formula is C16H20F2N6O. The molecular weight excluding hydrogens is 330 g/mol. The zero-order valence-corrected chi connectivity index (χ0v) is 14.1. The first-order chi connectivity index (χ1) is 11.9. The van der Waals surface area contributed by atoms with Gasteiger partial charge >= 0.3 is 0 Å². The summed E-state index contributed by atoms with van der Waals surface area (Å²) in [6, 6.07) is 3.36. The van der Waals surface area contributed by atoms with Gasteiger partial charge in [-0.15, -0.1) is 0 Å². The molecule has 1 amide bonds. The average Bonchev–Trinajstić information content (AvgIpc) is 2.94. The fraction of sp³-hybridized carbons (Fsp3) is 0.500. The molecule has 2 aromatic rings. The maximum atomic E-state index is 13.6. The second-order valence-corrected chi connectivity index (χ2v) is 6.23. The van der Waals surface area contributed by atoms with E-state index in [2.05, 4.69) is 25.7 Å². The van der Waals surface area contributed by atoms with E-state index in [1.807, 2.05) is 0 Å².